The van der Waals surface area contributed by atoms with Crippen LogP contribution < -0.4 is 5.32 Å². The van der Waals surface area contributed by atoms with Gasteiger partial charge in [-0.3, -0.25) is 0 Å². The predicted octanol–water partition coefficient (Wildman–Crippen LogP) is 1.11. The third-order valence-electron chi connectivity index (χ3n) is 3.01. The normalized spacial score (nSPS) is 24.2. The minimum Gasteiger partial charge on any atom is -0.377 e. The van der Waals surface area contributed by atoms with Crippen LogP contribution in [0.3, 0.4) is 0 Å². The number of hydrogen-bond donors (Lipinski definition) is 1. The van der Waals surface area contributed by atoms with E-state index in [1.54, 1.807) is 0 Å². The molecule has 0 radical (unpaired) electrons. The van der Waals surface area contributed by atoms with E-state index in [9.17, 15) is 0 Å². The predicted molar refractivity (Wildman–Crippen MR) is 70.4 cm³/mol. The molecule has 0 aliphatic carbocycles. The second kappa shape index (κ2) is 8.03. The molecule has 1 aliphatic rings. The van der Waals surface area contributed by atoms with Crippen LogP contribution in [0.5, 0.6) is 0 Å². The Kier molecular flexibility index (Phi) is 7.04. The van der Waals surface area contributed by atoms with Crippen LogP contribution in [0.1, 0.15) is 27.2 Å². The van der Waals surface area contributed by atoms with Gasteiger partial charge in [0.2, 0.25) is 0 Å². The molecule has 0 saturated carbocycles. The molecule has 1 fully saturated rings. The van der Waals surface area contributed by atoms with Crippen molar-refractivity contribution >= 4 is 0 Å². The minimum atomic E-state index is 0.249. The summed E-state index contributed by atoms with van der Waals surface area (Å²) in [5, 5.41) is 3.54. The molecule has 2 unspecified atom stereocenters. The van der Waals surface area contributed by atoms with E-state index in [2.05, 4.69) is 38.0 Å². The average molecular weight is 244 g/mol. The fraction of sp³-hybridized carbons (Fsp3) is 1.00. The number of hydrogen-bond acceptors (Lipinski definition) is 4. The molecule has 0 aromatic heterocycles. The van der Waals surface area contributed by atoms with Crippen LogP contribution in [0.15, 0.2) is 0 Å². The molecular weight excluding hydrogens is 216 g/mol. The standard InChI is InChI=1S/C13H28N2O2/c1-5-6-14-12(10-17-11(2)3)13-9-15(4)7-8-16-13/h11-14H,5-10H2,1-4H3. The van der Waals surface area contributed by atoms with Gasteiger partial charge in [-0.2, -0.15) is 0 Å². The topological polar surface area (TPSA) is 33.7 Å². The maximum Gasteiger partial charge on any atom is 0.0877 e. The summed E-state index contributed by atoms with van der Waals surface area (Å²) in [5.41, 5.74) is 0. The maximum atomic E-state index is 5.86. The summed E-state index contributed by atoms with van der Waals surface area (Å²) in [6.07, 6.45) is 1.67. The van der Waals surface area contributed by atoms with Crippen molar-refractivity contribution in [3.8, 4) is 0 Å². The molecule has 17 heavy (non-hydrogen) atoms. The maximum absolute atomic E-state index is 5.86. The molecule has 1 saturated heterocycles. The molecule has 4 nitrogen and oxygen atoms in total. The largest absolute Gasteiger partial charge is 0.377 e. The first kappa shape index (κ1) is 14.9. The van der Waals surface area contributed by atoms with Gasteiger partial charge in [-0.25, -0.2) is 0 Å². The van der Waals surface area contributed by atoms with Crippen LogP contribution in [0.4, 0.5) is 0 Å². The van der Waals surface area contributed by atoms with Gasteiger partial charge in [-0.1, -0.05) is 6.92 Å². The lowest BCUT2D eigenvalue weighted by Gasteiger charge is -2.35. The first-order valence-electron chi connectivity index (χ1n) is 6.78. The van der Waals surface area contributed by atoms with Gasteiger partial charge in [-0.05, 0) is 33.9 Å². The molecule has 0 aromatic rings. The van der Waals surface area contributed by atoms with Gasteiger partial charge in [0.05, 0.1) is 31.5 Å². The number of nitrogens with zero attached hydrogens (tertiary/aromatic N) is 1. The highest BCUT2D eigenvalue weighted by molar-refractivity contribution is 4.82. The van der Waals surface area contributed by atoms with Crippen LogP contribution in [-0.4, -0.2) is 63.0 Å². The first-order chi connectivity index (χ1) is 8.13. The lowest BCUT2D eigenvalue weighted by molar-refractivity contribution is -0.0607. The zero-order valence-corrected chi connectivity index (χ0v) is 11.7. The Hall–Kier alpha value is -0.160. The van der Waals surface area contributed by atoms with Crippen molar-refractivity contribution in [3.63, 3.8) is 0 Å². The fourth-order valence-corrected chi connectivity index (χ4v) is 1.98. The van der Waals surface area contributed by atoms with E-state index < -0.39 is 0 Å². The van der Waals surface area contributed by atoms with Gasteiger partial charge in [0.1, 0.15) is 0 Å². The second-order valence-corrected chi connectivity index (χ2v) is 5.11. The Bertz CT molecular complexity index is 200. The lowest BCUT2D eigenvalue weighted by atomic mass is 10.1. The Labute approximate surface area is 106 Å². The van der Waals surface area contributed by atoms with Crippen LogP contribution in [-0.2, 0) is 9.47 Å². The first-order valence-corrected chi connectivity index (χ1v) is 6.78. The van der Waals surface area contributed by atoms with Gasteiger partial charge < -0.3 is 19.7 Å². The van der Waals surface area contributed by atoms with Gasteiger partial charge in [0.15, 0.2) is 0 Å². The second-order valence-electron chi connectivity index (χ2n) is 5.11. The highest BCUT2D eigenvalue weighted by Crippen LogP contribution is 2.09. The third kappa shape index (κ3) is 5.82. The SMILES string of the molecule is CCCNC(COC(C)C)C1CN(C)CCO1. The highest BCUT2D eigenvalue weighted by Gasteiger charge is 2.26. The lowest BCUT2D eigenvalue weighted by Crippen LogP contribution is -2.53. The third-order valence-corrected chi connectivity index (χ3v) is 3.01. The highest BCUT2D eigenvalue weighted by atomic mass is 16.5. The summed E-state index contributed by atoms with van der Waals surface area (Å²) in [7, 11) is 2.15. The Balaban J connectivity index is 2.42. The number of morpholine rings is 1. The average Bonchev–Trinajstić information content (AvgIpc) is 2.29. The number of nitrogens with one attached hydrogen (secondary N) is 1. The zero-order chi connectivity index (χ0) is 12.7. The number of ether oxygens (including phenoxy) is 2. The molecule has 0 spiro atoms. The van der Waals surface area contributed by atoms with E-state index in [4.69, 9.17) is 9.47 Å². The van der Waals surface area contributed by atoms with Crippen LogP contribution in [0.25, 0.3) is 0 Å². The summed E-state index contributed by atoms with van der Waals surface area (Å²) in [6, 6.07) is 0.306. The van der Waals surface area contributed by atoms with Crippen molar-refractivity contribution in [3.05, 3.63) is 0 Å². The molecule has 0 aromatic carbocycles. The van der Waals surface area contributed by atoms with E-state index in [1.807, 2.05) is 0 Å². The fourth-order valence-electron chi connectivity index (χ4n) is 1.98. The summed E-state index contributed by atoms with van der Waals surface area (Å²) in [5.74, 6) is 0. The molecular formula is C13H28N2O2. The smallest absolute Gasteiger partial charge is 0.0877 e. The van der Waals surface area contributed by atoms with Crippen molar-refractivity contribution in [2.24, 2.45) is 0 Å². The summed E-state index contributed by atoms with van der Waals surface area (Å²) >= 11 is 0. The quantitative estimate of drug-likeness (QED) is 0.727. The van der Waals surface area contributed by atoms with Gasteiger partial charge in [0, 0.05) is 13.1 Å². The molecule has 1 rings (SSSR count). The number of likely N-dealkylation sites (N-methyl/N-ethyl adjacent to an activating group) is 1. The Morgan fingerprint density at radius 1 is 1.47 bits per heavy atom. The molecule has 1 heterocycles. The van der Waals surface area contributed by atoms with Crippen molar-refractivity contribution in [2.45, 2.75) is 45.4 Å². The summed E-state index contributed by atoms with van der Waals surface area (Å²) < 4.78 is 11.6. The molecule has 102 valence electrons. The van der Waals surface area contributed by atoms with E-state index >= 15 is 0 Å². The van der Waals surface area contributed by atoms with E-state index in [0.717, 1.165) is 39.3 Å². The van der Waals surface area contributed by atoms with E-state index in [0.29, 0.717) is 6.04 Å². The molecule has 0 amide bonds. The molecule has 1 N–H and O–H groups in total. The Morgan fingerprint density at radius 3 is 2.82 bits per heavy atom. The number of rotatable bonds is 7. The van der Waals surface area contributed by atoms with Crippen LogP contribution in [0, 0.1) is 0 Å². The monoisotopic (exact) mass is 244 g/mol. The van der Waals surface area contributed by atoms with E-state index in [-0.39, 0.29) is 12.2 Å². The molecule has 2 atom stereocenters. The van der Waals surface area contributed by atoms with Crippen molar-refractivity contribution in [1.82, 2.24) is 10.2 Å². The summed E-state index contributed by atoms with van der Waals surface area (Å²) in [6.45, 7) is 10.9. The van der Waals surface area contributed by atoms with Crippen molar-refractivity contribution in [2.75, 3.05) is 39.9 Å². The van der Waals surface area contributed by atoms with Crippen LogP contribution in [0.2, 0.25) is 0 Å². The van der Waals surface area contributed by atoms with E-state index in [1.165, 1.54) is 0 Å². The Morgan fingerprint density at radius 2 is 2.24 bits per heavy atom. The molecule has 1 aliphatic heterocycles. The zero-order valence-electron chi connectivity index (χ0n) is 11.7. The molecule has 4 heteroatoms. The van der Waals surface area contributed by atoms with Crippen molar-refractivity contribution in [1.29, 1.82) is 0 Å². The minimum absolute atomic E-state index is 0.249. The van der Waals surface area contributed by atoms with Gasteiger partial charge >= 0.3 is 0 Å². The molecule has 0 bridgehead atoms. The van der Waals surface area contributed by atoms with Gasteiger partial charge in [0.25, 0.3) is 0 Å². The van der Waals surface area contributed by atoms with Crippen molar-refractivity contribution < 1.29 is 9.47 Å². The summed E-state index contributed by atoms with van der Waals surface area (Å²) in [4.78, 5) is 2.32. The van der Waals surface area contributed by atoms with Crippen LogP contribution >= 0.6 is 0 Å². The van der Waals surface area contributed by atoms with Gasteiger partial charge in [-0.15, -0.1) is 0 Å².